The predicted molar refractivity (Wildman–Crippen MR) is 72.2 cm³/mol. The molecule has 17 heavy (non-hydrogen) atoms. The number of aliphatic hydroxyl groups is 1. The molecule has 1 aromatic rings. The number of hydrogen-bond acceptors (Lipinski definition) is 3. The molecule has 0 radical (unpaired) electrons. The molecule has 2 N–H and O–H groups in total. The van der Waals surface area contributed by atoms with Gasteiger partial charge in [-0.1, -0.05) is 11.8 Å². The summed E-state index contributed by atoms with van der Waals surface area (Å²) in [5, 5.41) is 11.4. The summed E-state index contributed by atoms with van der Waals surface area (Å²) in [6.07, 6.45) is 1.89. The van der Waals surface area contributed by atoms with Crippen molar-refractivity contribution in [1.29, 1.82) is 0 Å². The molecule has 1 amide bonds. The van der Waals surface area contributed by atoms with Crippen molar-refractivity contribution in [3.63, 3.8) is 0 Å². The minimum absolute atomic E-state index is 0.00825. The van der Waals surface area contributed by atoms with Gasteiger partial charge in [0.25, 0.3) is 0 Å². The first-order valence-electron chi connectivity index (χ1n) is 5.16. The summed E-state index contributed by atoms with van der Waals surface area (Å²) in [6.45, 7) is 1.78. The molecule has 0 aliphatic rings. The highest BCUT2D eigenvalue weighted by atomic mass is 32.2. The molecule has 0 atom stereocenters. The minimum atomic E-state index is -0.147. The summed E-state index contributed by atoms with van der Waals surface area (Å²) in [5.74, 6) is 5.89. The minimum Gasteiger partial charge on any atom is -0.384 e. The topological polar surface area (TPSA) is 49.3 Å². The molecule has 0 aliphatic carbocycles. The second-order valence-corrected chi connectivity index (χ2v) is 4.34. The molecule has 0 fully saturated rings. The first kappa shape index (κ1) is 13.6. The Morgan fingerprint density at radius 2 is 2.29 bits per heavy atom. The van der Waals surface area contributed by atoms with Crippen LogP contribution < -0.4 is 5.32 Å². The highest BCUT2D eigenvalue weighted by Gasteiger charge is 2.02. The highest BCUT2D eigenvalue weighted by Crippen LogP contribution is 2.14. The standard InChI is InChI=1S/C13H15NO2S/c1-10-8-12(14-13(16)9-17-2)6-5-11(10)4-3-7-15/h5-6,8,15H,7,9H2,1-2H3,(H,14,16). The van der Waals surface area contributed by atoms with Gasteiger partial charge >= 0.3 is 0 Å². The first-order valence-corrected chi connectivity index (χ1v) is 6.56. The van der Waals surface area contributed by atoms with Crippen molar-refractivity contribution in [3.05, 3.63) is 29.3 Å². The Morgan fingerprint density at radius 1 is 1.53 bits per heavy atom. The van der Waals surface area contributed by atoms with E-state index in [9.17, 15) is 4.79 Å². The summed E-state index contributed by atoms with van der Waals surface area (Å²) in [7, 11) is 0. The number of hydrogen-bond donors (Lipinski definition) is 2. The van der Waals surface area contributed by atoms with Crippen LogP contribution in [-0.4, -0.2) is 29.6 Å². The molecule has 0 saturated heterocycles. The van der Waals surface area contributed by atoms with Crippen molar-refractivity contribution >= 4 is 23.4 Å². The van der Waals surface area contributed by atoms with Crippen molar-refractivity contribution in [2.24, 2.45) is 0 Å². The second kappa shape index (κ2) is 7.00. The van der Waals surface area contributed by atoms with Gasteiger partial charge in [-0.15, -0.1) is 0 Å². The third kappa shape index (κ3) is 4.51. The van der Waals surface area contributed by atoms with Crippen molar-refractivity contribution in [2.75, 3.05) is 23.9 Å². The van der Waals surface area contributed by atoms with Gasteiger partial charge in [-0.2, -0.15) is 11.8 Å². The van der Waals surface area contributed by atoms with Gasteiger partial charge in [0.1, 0.15) is 6.61 Å². The normalized spacial score (nSPS) is 9.35. The Morgan fingerprint density at radius 3 is 2.88 bits per heavy atom. The van der Waals surface area contributed by atoms with Crippen molar-refractivity contribution < 1.29 is 9.90 Å². The summed E-state index contributed by atoms with van der Waals surface area (Å²) in [4.78, 5) is 11.4. The summed E-state index contributed by atoms with van der Waals surface area (Å²) in [5.41, 5.74) is 2.62. The van der Waals surface area contributed by atoms with E-state index >= 15 is 0 Å². The van der Waals surface area contributed by atoms with Crippen LogP contribution in [0.1, 0.15) is 11.1 Å². The number of amides is 1. The number of aryl methyl sites for hydroxylation is 1. The summed E-state index contributed by atoms with van der Waals surface area (Å²) < 4.78 is 0. The Kier molecular flexibility index (Phi) is 5.61. The van der Waals surface area contributed by atoms with Gasteiger partial charge < -0.3 is 10.4 Å². The molecule has 0 heterocycles. The summed E-state index contributed by atoms with van der Waals surface area (Å²) in [6, 6.07) is 5.53. The fourth-order valence-electron chi connectivity index (χ4n) is 1.34. The smallest absolute Gasteiger partial charge is 0.234 e. The van der Waals surface area contributed by atoms with Gasteiger partial charge in [0.2, 0.25) is 5.91 Å². The average molecular weight is 249 g/mol. The van der Waals surface area contributed by atoms with Gasteiger partial charge in [0.15, 0.2) is 0 Å². The number of benzene rings is 1. The number of rotatable bonds is 3. The zero-order chi connectivity index (χ0) is 12.7. The van der Waals surface area contributed by atoms with E-state index in [1.807, 2.05) is 31.4 Å². The Hall–Kier alpha value is -1.44. The molecule has 0 saturated carbocycles. The molecule has 3 nitrogen and oxygen atoms in total. The second-order valence-electron chi connectivity index (χ2n) is 3.47. The number of nitrogens with one attached hydrogen (secondary N) is 1. The number of aliphatic hydroxyl groups excluding tert-OH is 1. The van der Waals surface area contributed by atoms with Crippen LogP contribution in [0.3, 0.4) is 0 Å². The molecular formula is C13H15NO2S. The molecule has 1 rings (SSSR count). The summed E-state index contributed by atoms with van der Waals surface area (Å²) >= 11 is 1.49. The Labute approximate surface area is 106 Å². The lowest BCUT2D eigenvalue weighted by Crippen LogP contribution is -2.13. The fourth-order valence-corrected chi connectivity index (χ4v) is 1.68. The van der Waals surface area contributed by atoms with Crippen LogP contribution in [0.2, 0.25) is 0 Å². The molecular weight excluding hydrogens is 234 g/mol. The van der Waals surface area contributed by atoms with Crippen LogP contribution in [0.15, 0.2) is 18.2 Å². The number of thioether (sulfide) groups is 1. The lowest BCUT2D eigenvalue weighted by atomic mass is 10.1. The van der Waals surface area contributed by atoms with E-state index in [2.05, 4.69) is 17.2 Å². The van der Waals surface area contributed by atoms with Gasteiger partial charge in [-0.05, 0) is 36.9 Å². The molecule has 0 bridgehead atoms. The van der Waals surface area contributed by atoms with Crippen LogP contribution in [-0.2, 0) is 4.79 Å². The van der Waals surface area contributed by atoms with Crippen molar-refractivity contribution in [3.8, 4) is 11.8 Å². The maximum atomic E-state index is 11.4. The zero-order valence-electron chi connectivity index (χ0n) is 9.91. The van der Waals surface area contributed by atoms with E-state index in [0.29, 0.717) is 5.75 Å². The van der Waals surface area contributed by atoms with E-state index < -0.39 is 0 Å². The molecule has 0 aliphatic heterocycles. The maximum Gasteiger partial charge on any atom is 0.234 e. The largest absolute Gasteiger partial charge is 0.384 e. The van der Waals surface area contributed by atoms with Crippen LogP contribution >= 0.6 is 11.8 Å². The number of anilines is 1. The predicted octanol–water partition coefficient (Wildman–Crippen LogP) is 1.64. The van der Waals surface area contributed by atoms with Crippen molar-refractivity contribution in [1.82, 2.24) is 0 Å². The van der Waals surface area contributed by atoms with Gasteiger partial charge in [-0.25, -0.2) is 0 Å². The van der Waals surface area contributed by atoms with E-state index in [0.717, 1.165) is 16.8 Å². The number of carbonyl (C=O) groups excluding carboxylic acids is 1. The van der Waals surface area contributed by atoms with Crippen LogP contribution in [0.25, 0.3) is 0 Å². The van der Waals surface area contributed by atoms with Gasteiger partial charge in [-0.3, -0.25) is 4.79 Å². The molecule has 0 unspecified atom stereocenters. The van der Waals surface area contributed by atoms with Crippen LogP contribution in [0.4, 0.5) is 5.69 Å². The van der Waals surface area contributed by atoms with Gasteiger partial charge in [0.05, 0.1) is 5.75 Å². The maximum absolute atomic E-state index is 11.4. The van der Waals surface area contributed by atoms with E-state index in [1.54, 1.807) is 0 Å². The quantitative estimate of drug-likeness (QED) is 0.801. The Bertz CT molecular complexity index is 460. The van der Waals surface area contributed by atoms with Crippen LogP contribution in [0.5, 0.6) is 0 Å². The van der Waals surface area contributed by atoms with Crippen molar-refractivity contribution in [2.45, 2.75) is 6.92 Å². The molecule has 0 aromatic heterocycles. The highest BCUT2D eigenvalue weighted by molar-refractivity contribution is 7.99. The lowest BCUT2D eigenvalue weighted by molar-refractivity contribution is -0.113. The van der Waals surface area contributed by atoms with E-state index in [-0.39, 0.29) is 12.5 Å². The third-order valence-corrected chi connectivity index (χ3v) is 2.64. The molecule has 4 heteroatoms. The van der Waals surface area contributed by atoms with Crippen LogP contribution in [0, 0.1) is 18.8 Å². The molecule has 0 spiro atoms. The first-order chi connectivity index (χ1) is 8.17. The van der Waals surface area contributed by atoms with E-state index in [1.165, 1.54) is 11.8 Å². The monoisotopic (exact) mass is 249 g/mol. The lowest BCUT2D eigenvalue weighted by Gasteiger charge is -2.06. The SMILES string of the molecule is CSCC(=O)Nc1ccc(C#CCO)c(C)c1. The number of carbonyl (C=O) groups is 1. The fraction of sp³-hybridized carbons (Fsp3) is 0.308. The Balaban J connectivity index is 2.78. The van der Waals surface area contributed by atoms with Gasteiger partial charge in [0, 0.05) is 11.3 Å². The molecule has 1 aromatic carbocycles. The third-order valence-electron chi connectivity index (χ3n) is 2.09. The average Bonchev–Trinajstić information content (AvgIpc) is 2.28. The molecule has 90 valence electrons. The van der Waals surface area contributed by atoms with E-state index in [4.69, 9.17) is 5.11 Å². The zero-order valence-corrected chi connectivity index (χ0v) is 10.7.